The normalized spacial score (nSPS) is 10.8. The molecule has 0 aromatic heterocycles. The van der Waals surface area contributed by atoms with Crippen LogP contribution in [0.25, 0.3) is 0 Å². The van der Waals surface area contributed by atoms with Crippen molar-refractivity contribution in [3.63, 3.8) is 0 Å². The van der Waals surface area contributed by atoms with Crippen LogP contribution >= 0.6 is 43.5 Å². The predicted molar refractivity (Wildman–Crippen MR) is 150 cm³/mol. The summed E-state index contributed by atoms with van der Waals surface area (Å²) in [6.45, 7) is 5.99. The molecule has 0 unspecified atom stereocenters. The summed E-state index contributed by atoms with van der Waals surface area (Å²) >= 11 is 12.9. The molecular formula is C26H24Br2ClN3O4. The van der Waals surface area contributed by atoms with Gasteiger partial charge in [-0.05, 0) is 112 Å². The van der Waals surface area contributed by atoms with E-state index in [-0.39, 0.29) is 18.4 Å². The van der Waals surface area contributed by atoms with E-state index >= 15 is 0 Å². The number of aryl methyl sites for hydroxylation is 2. The number of hydrogen-bond acceptors (Lipinski definition) is 5. The smallest absolute Gasteiger partial charge is 0.271 e. The number of nitrogens with one attached hydrogen (secondary N) is 2. The standard InChI is InChI=1S/C26H24Br2ClN3O4/c1-4-35-23-11-17(13-30-32-26(34)18-6-5-7-19(29)12-18)10-21(28)25(23)36-14-24(33)31-22-9-16(3)15(2)8-20(22)27/h5-13H,4,14H2,1-3H3,(H,31,33)(H,32,34)/b30-13+. The van der Waals surface area contributed by atoms with Crippen molar-refractivity contribution in [3.8, 4) is 11.5 Å². The summed E-state index contributed by atoms with van der Waals surface area (Å²) in [5.74, 6) is 0.0998. The lowest BCUT2D eigenvalue weighted by Gasteiger charge is -2.15. The van der Waals surface area contributed by atoms with Crippen molar-refractivity contribution in [1.29, 1.82) is 0 Å². The van der Waals surface area contributed by atoms with Gasteiger partial charge in [0.05, 0.1) is 23.0 Å². The zero-order valence-electron chi connectivity index (χ0n) is 19.8. The zero-order chi connectivity index (χ0) is 26.2. The molecule has 0 heterocycles. The van der Waals surface area contributed by atoms with Gasteiger partial charge in [0.25, 0.3) is 11.8 Å². The SMILES string of the molecule is CCOc1cc(/C=N/NC(=O)c2cccc(Cl)c2)cc(Br)c1OCC(=O)Nc1cc(C)c(C)cc1Br. The minimum Gasteiger partial charge on any atom is -0.490 e. The number of rotatable bonds is 9. The van der Waals surface area contributed by atoms with Gasteiger partial charge in [0.15, 0.2) is 18.1 Å². The average Bonchev–Trinajstić information content (AvgIpc) is 2.82. The molecule has 0 saturated heterocycles. The maximum Gasteiger partial charge on any atom is 0.271 e. The molecule has 2 amide bonds. The Morgan fingerprint density at radius 2 is 1.78 bits per heavy atom. The summed E-state index contributed by atoms with van der Waals surface area (Å²) in [6.07, 6.45) is 1.48. The molecule has 0 fully saturated rings. The second kappa shape index (κ2) is 12.9. The van der Waals surface area contributed by atoms with E-state index in [0.717, 1.165) is 15.6 Å². The molecule has 0 radical (unpaired) electrons. The second-order valence-corrected chi connectivity index (χ2v) is 9.87. The van der Waals surface area contributed by atoms with Crippen molar-refractivity contribution < 1.29 is 19.1 Å². The summed E-state index contributed by atoms with van der Waals surface area (Å²) in [7, 11) is 0. The van der Waals surface area contributed by atoms with E-state index in [1.54, 1.807) is 36.4 Å². The van der Waals surface area contributed by atoms with E-state index < -0.39 is 0 Å². The maximum atomic E-state index is 12.5. The molecule has 7 nitrogen and oxygen atoms in total. The molecular weight excluding hydrogens is 614 g/mol. The minimum absolute atomic E-state index is 0.221. The molecule has 0 spiro atoms. The van der Waals surface area contributed by atoms with Crippen LogP contribution < -0.4 is 20.2 Å². The van der Waals surface area contributed by atoms with Gasteiger partial charge in [-0.3, -0.25) is 9.59 Å². The highest BCUT2D eigenvalue weighted by Crippen LogP contribution is 2.36. The van der Waals surface area contributed by atoms with E-state index in [9.17, 15) is 9.59 Å². The lowest BCUT2D eigenvalue weighted by molar-refractivity contribution is -0.118. The Morgan fingerprint density at radius 3 is 2.50 bits per heavy atom. The van der Waals surface area contributed by atoms with Crippen LogP contribution in [0.1, 0.15) is 34.0 Å². The molecule has 3 aromatic rings. The number of nitrogens with zero attached hydrogens (tertiary/aromatic N) is 1. The highest BCUT2D eigenvalue weighted by Gasteiger charge is 2.15. The van der Waals surface area contributed by atoms with Crippen LogP contribution in [0.15, 0.2) is 62.6 Å². The van der Waals surface area contributed by atoms with E-state index in [2.05, 4.69) is 47.7 Å². The first kappa shape index (κ1) is 27.7. The minimum atomic E-state index is -0.390. The van der Waals surface area contributed by atoms with E-state index in [1.165, 1.54) is 6.21 Å². The Balaban J connectivity index is 1.68. The largest absolute Gasteiger partial charge is 0.490 e. The highest BCUT2D eigenvalue weighted by molar-refractivity contribution is 9.11. The first-order valence-electron chi connectivity index (χ1n) is 10.9. The number of halogens is 3. The van der Waals surface area contributed by atoms with Crippen LogP contribution in [0.2, 0.25) is 5.02 Å². The molecule has 188 valence electrons. The number of carbonyl (C=O) groups excluding carboxylic acids is 2. The van der Waals surface area contributed by atoms with Crippen LogP contribution in [-0.2, 0) is 4.79 Å². The van der Waals surface area contributed by atoms with Gasteiger partial charge in [-0.25, -0.2) is 5.43 Å². The fourth-order valence-corrected chi connectivity index (χ4v) is 4.45. The number of hydrogen-bond donors (Lipinski definition) is 2. The summed E-state index contributed by atoms with van der Waals surface area (Å²) in [4.78, 5) is 24.8. The number of anilines is 1. The van der Waals surface area contributed by atoms with Crippen LogP contribution in [0.4, 0.5) is 5.69 Å². The Hall–Kier alpha value is -2.88. The van der Waals surface area contributed by atoms with Gasteiger partial charge < -0.3 is 14.8 Å². The van der Waals surface area contributed by atoms with E-state index in [0.29, 0.717) is 44.4 Å². The molecule has 3 aromatic carbocycles. The highest BCUT2D eigenvalue weighted by atomic mass is 79.9. The molecule has 0 aliphatic carbocycles. The average molecular weight is 638 g/mol. The molecule has 36 heavy (non-hydrogen) atoms. The number of hydrazone groups is 1. The summed E-state index contributed by atoms with van der Waals surface area (Å²) in [6, 6.07) is 13.9. The molecule has 0 saturated carbocycles. The van der Waals surface area contributed by atoms with Crippen molar-refractivity contribution in [2.24, 2.45) is 5.10 Å². The lowest BCUT2D eigenvalue weighted by atomic mass is 10.1. The molecule has 10 heteroatoms. The van der Waals surface area contributed by atoms with Crippen molar-refractivity contribution in [2.45, 2.75) is 20.8 Å². The van der Waals surface area contributed by atoms with E-state index in [4.69, 9.17) is 21.1 Å². The van der Waals surface area contributed by atoms with Gasteiger partial charge >= 0.3 is 0 Å². The molecule has 0 aliphatic heterocycles. The third-order valence-corrected chi connectivity index (χ3v) is 6.48. The summed E-state index contributed by atoms with van der Waals surface area (Å²) < 4.78 is 12.9. The van der Waals surface area contributed by atoms with Crippen molar-refractivity contribution >= 4 is 67.2 Å². The van der Waals surface area contributed by atoms with Crippen molar-refractivity contribution in [2.75, 3.05) is 18.5 Å². The Labute approximate surface area is 231 Å². The Kier molecular flexibility index (Phi) is 9.92. The van der Waals surface area contributed by atoms with Crippen molar-refractivity contribution in [3.05, 3.63) is 84.8 Å². The molecule has 0 bridgehead atoms. The van der Waals surface area contributed by atoms with Gasteiger partial charge in [-0.15, -0.1) is 0 Å². The quantitative estimate of drug-likeness (QED) is 0.203. The van der Waals surface area contributed by atoms with Crippen molar-refractivity contribution in [1.82, 2.24) is 5.43 Å². The van der Waals surface area contributed by atoms with Gasteiger partial charge in [0.2, 0.25) is 0 Å². The van der Waals surface area contributed by atoms with Crippen LogP contribution in [0, 0.1) is 13.8 Å². The van der Waals surface area contributed by atoms with E-state index in [1.807, 2.05) is 32.9 Å². The van der Waals surface area contributed by atoms with Crippen LogP contribution in [0.3, 0.4) is 0 Å². The monoisotopic (exact) mass is 635 g/mol. The maximum absolute atomic E-state index is 12.5. The molecule has 0 aliphatic rings. The number of amides is 2. The first-order chi connectivity index (χ1) is 17.2. The Morgan fingerprint density at radius 1 is 1.03 bits per heavy atom. The summed E-state index contributed by atoms with van der Waals surface area (Å²) in [5.41, 5.74) is 6.36. The number of ether oxygens (including phenoxy) is 2. The third kappa shape index (κ3) is 7.56. The number of benzene rings is 3. The Bertz CT molecular complexity index is 1310. The second-order valence-electron chi connectivity index (χ2n) is 7.73. The lowest BCUT2D eigenvalue weighted by Crippen LogP contribution is -2.21. The third-order valence-electron chi connectivity index (χ3n) is 5.00. The van der Waals surface area contributed by atoms with Gasteiger partial charge in [-0.2, -0.15) is 5.10 Å². The summed E-state index contributed by atoms with van der Waals surface area (Å²) in [5, 5.41) is 7.32. The topological polar surface area (TPSA) is 89.0 Å². The van der Waals surface area contributed by atoms with Crippen LogP contribution in [0.5, 0.6) is 11.5 Å². The number of carbonyl (C=O) groups is 2. The van der Waals surface area contributed by atoms with Crippen LogP contribution in [-0.4, -0.2) is 31.2 Å². The fraction of sp³-hybridized carbons (Fsp3) is 0.192. The first-order valence-corrected chi connectivity index (χ1v) is 12.9. The predicted octanol–water partition coefficient (Wildman–Crippen LogP) is 6.66. The molecule has 2 N–H and O–H groups in total. The molecule has 3 rings (SSSR count). The van der Waals surface area contributed by atoms with Gasteiger partial charge in [0.1, 0.15) is 0 Å². The van der Waals surface area contributed by atoms with Gasteiger partial charge in [0, 0.05) is 15.1 Å². The van der Waals surface area contributed by atoms with Gasteiger partial charge in [-0.1, -0.05) is 17.7 Å². The zero-order valence-corrected chi connectivity index (χ0v) is 23.8. The fourth-order valence-electron chi connectivity index (χ4n) is 3.13. The molecule has 0 atom stereocenters.